The molecule has 0 saturated heterocycles. The highest BCUT2D eigenvalue weighted by molar-refractivity contribution is 5.35. The van der Waals surface area contributed by atoms with E-state index in [0.717, 1.165) is 6.42 Å². The molecule has 3 unspecified atom stereocenters. The lowest BCUT2D eigenvalue weighted by Crippen LogP contribution is -2.37. The van der Waals surface area contributed by atoms with Gasteiger partial charge >= 0.3 is 0 Å². The highest BCUT2D eigenvalue weighted by Crippen LogP contribution is 2.43. The van der Waals surface area contributed by atoms with Crippen molar-refractivity contribution in [2.75, 3.05) is 0 Å². The highest BCUT2D eigenvalue weighted by Gasteiger charge is 2.37. The van der Waals surface area contributed by atoms with Gasteiger partial charge in [0.25, 0.3) is 0 Å². The van der Waals surface area contributed by atoms with E-state index in [1.165, 1.54) is 16.7 Å². The van der Waals surface area contributed by atoms with Crippen LogP contribution in [0, 0.1) is 19.8 Å². The third kappa shape index (κ3) is 1.46. The van der Waals surface area contributed by atoms with Crippen LogP contribution in [0.3, 0.4) is 0 Å². The van der Waals surface area contributed by atoms with Crippen molar-refractivity contribution in [1.29, 1.82) is 0 Å². The normalized spacial score (nSPS) is 31.3. The lowest BCUT2D eigenvalue weighted by Gasteiger charge is -2.40. The molecule has 0 bridgehead atoms. The van der Waals surface area contributed by atoms with Gasteiger partial charge in [-0.15, -0.1) is 0 Å². The molecule has 1 heteroatoms. The van der Waals surface area contributed by atoms with Gasteiger partial charge in [-0.2, -0.15) is 0 Å². The number of aryl methyl sites for hydroxylation is 2. The minimum atomic E-state index is -0.0827. The van der Waals surface area contributed by atoms with Crippen LogP contribution in [0.2, 0.25) is 0 Å². The maximum Gasteiger partial charge on any atom is 0.0577 e. The van der Waals surface area contributed by atoms with E-state index in [1.807, 2.05) is 0 Å². The zero-order valence-electron chi connectivity index (χ0n) is 9.12. The number of aliphatic hydroxyl groups excluding tert-OH is 1. The fraction of sp³-hybridized carbons (Fsp3) is 0.538. The Bertz CT molecular complexity index is 343. The van der Waals surface area contributed by atoms with Gasteiger partial charge in [0.05, 0.1) is 6.10 Å². The molecular formula is C13H18O. The zero-order valence-corrected chi connectivity index (χ0v) is 9.12. The minimum Gasteiger partial charge on any atom is -0.393 e. The van der Waals surface area contributed by atoms with E-state index in [-0.39, 0.29) is 6.10 Å². The molecule has 1 nitrogen and oxygen atoms in total. The van der Waals surface area contributed by atoms with Gasteiger partial charge in [-0.3, -0.25) is 0 Å². The molecule has 1 aliphatic carbocycles. The van der Waals surface area contributed by atoms with E-state index in [2.05, 4.69) is 39.0 Å². The molecule has 3 atom stereocenters. The summed E-state index contributed by atoms with van der Waals surface area (Å²) in [4.78, 5) is 0. The van der Waals surface area contributed by atoms with Crippen LogP contribution in [-0.4, -0.2) is 11.2 Å². The Hall–Kier alpha value is -0.820. The van der Waals surface area contributed by atoms with E-state index in [9.17, 15) is 5.11 Å². The first-order valence-corrected chi connectivity index (χ1v) is 5.35. The van der Waals surface area contributed by atoms with Crippen LogP contribution >= 0.6 is 0 Å². The van der Waals surface area contributed by atoms with Crippen molar-refractivity contribution < 1.29 is 5.11 Å². The number of aliphatic hydroxyl groups is 1. The van der Waals surface area contributed by atoms with E-state index < -0.39 is 0 Å². The second-order valence-electron chi connectivity index (χ2n) is 4.63. The Morgan fingerprint density at radius 2 is 2.00 bits per heavy atom. The first kappa shape index (κ1) is 9.72. The fourth-order valence-electron chi connectivity index (χ4n) is 2.41. The van der Waals surface area contributed by atoms with Crippen LogP contribution in [0.4, 0.5) is 0 Å². The summed E-state index contributed by atoms with van der Waals surface area (Å²) in [5, 5.41) is 9.49. The molecule has 1 N–H and O–H groups in total. The number of hydrogen-bond donors (Lipinski definition) is 1. The average Bonchev–Trinajstić information content (AvgIpc) is 2.15. The Labute approximate surface area is 85.8 Å². The van der Waals surface area contributed by atoms with Crippen LogP contribution in [0.1, 0.15) is 36.0 Å². The average molecular weight is 190 g/mol. The summed E-state index contributed by atoms with van der Waals surface area (Å²) in [5.74, 6) is 1.00. The molecule has 1 fully saturated rings. The molecule has 0 aromatic heterocycles. The third-order valence-electron chi connectivity index (χ3n) is 3.56. The van der Waals surface area contributed by atoms with Gasteiger partial charge in [0, 0.05) is 0 Å². The standard InChI is InChI=1S/C13H18O/c1-8-4-5-11(9(2)6-8)12-7-13(14)10(12)3/h4-6,10,12-14H,7H2,1-3H3. The summed E-state index contributed by atoms with van der Waals surface area (Å²) < 4.78 is 0. The second-order valence-corrected chi connectivity index (χ2v) is 4.63. The van der Waals surface area contributed by atoms with Crippen molar-refractivity contribution in [3.8, 4) is 0 Å². The summed E-state index contributed by atoms with van der Waals surface area (Å²) >= 11 is 0. The second kappa shape index (κ2) is 3.39. The van der Waals surface area contributed by atoms with E-state index in [4.69, 9.17) is 0 Å². The minimum absolute atomic E-state index is 0.0827. The van der Waals surface area contributed by atoms with Crippen LogP contribution in [0.25, 0.3) is 0 Å². The molecule has 0 radical (unpaired) electrons. The van der Waals surface area contributed by atoms with Crippen LogP contribution < -0.4 is 0 Å². The largest absolute Gasteiger partial charge is 0.393 e. The Kier molecular flexibility index (Phi) is 2.36. The molecular weight excluding hydrogens is 172 g/mol. The first-order chi connectivity index (χ1) is 6.59. The quantitative estimate of drug-likeness (QED) is 0.722. The Morgan fingerprint density at radius 1 is 1.29 bits per heavy atom. The van der Waals surface area contributed by atoms with Crippen molar-refractivity contribution in [1.82, 2.24) is 0 Å². The van der Waals surface area contributed by atoms with Gasteiger partial charge in [0.2, 0.25) is 0 Å². The third-order valence-corrected chi connectivity index (χ3v) is 3.56. The molecule has 0 spiro atoms. The van der Waals surface area contributed by atoms with Gasteiger partial charge in [-0.25, -0.2) is 0 Å². The molecule has 1 saturated carbocycles. The maximum absolute atomic E-state index is 9.49. The molecule has 1 aromatic carbocycles. The number of hydrogen-bond acceptors (Lipinski definition) is 1. The zero-order chi connectivity index (χ0) is 10.3. The Balaban J connectivity index is 2.25. The molecule has 76 valence electrons. The number of benzene rings is 1. The van der Waals surface area contributed by atoms with Crippen molar-refractivity contribution in [2.45, 2.75) is 39.2 Å². The summed E-state index contributed by atoms with van der Waals surface area (Å²) in [6.07, 6.45) is 0.853. The van der Waals surface area contributed by atoms with Crippen LogP contribution in [0.5, 0.6) is 0 Å². The van der Waals surface area contributed by atoms with E-state index >= 15 is 0 Å². The van der Waals surface area contributed by atoms with Gasteiger partial charge < -0.3 is 5.11 Å². The van der Waals surface area contributed by atoms with Gasteiger partial charge in [-0.05, 0) is 43.2 Å². The van der Waals surface area contributed by atoms with E-state index in [1.54, 1.807) is 0 Å². The lowest BCUT2D eigenvalue weighted by molar-refractivity contribution is 0.0115. The van der Waals surface area contributed by atoms with Crippen molar-refractivity contribution in [3.05, 3.63) is 34.9 Å². The molecule has 1 aliphatic rings. The SMILES string of the molecule is Cc1ccc(C2CC(O)C2C)c(C)c1. The first-order valence-electron chi connectivity index (χ1n) is 5.35. The predicted octanol–water partition coefficient (Wildman–Crippen LogP) is 2.79. The summed E-state index contributed by atoms with van der Waals surface area (Å²) in [6.45, 7) is 6.42. The van der Waals surface area contributed by atoms with Gasteiger partial charge in [-0.1, -0.05) is 30.7 Å². The predicted molar refractivity (Wildman–Crippen MR) is 58.4 cm³/mol. The topological polar surface area (TPSA) is 20.2 Å². The maximum atomic E-state index is 9.49. The van der Waals surface area contributed by atoms with Crippen molar-refractivity contribution in [3.63, 3.8) is 0 Å². The van der Waals surface area contributed by atoms with E-state index in [0.29, 0.717) is 11.8 Å². The van der Waals surface area contributed by atoms with Gasteiger partial charge in [0.1, 0.15) is 0 Å². The molecule has 1 aromatic rings. The highest BCUT2D eigenvalue weighted by atomic mass is 16.3. The molecule has 0 amide bonds. The van der Waals surface area contributed by atoms with Crippen LogP contribution in [-0.2, 0) is 0 Å². The van der Waals surface area contributed by atoms with Crippen molar-refractivity contribution >= 4 is 0 Å². The fourth-order valence-corrected chi connectivity index (χ4v) is 2.41. The molecule has 2 rings (SSSR count). The van der Waals surface area contributed by atoms with Crippen molar-refractivity contribution in [2.24, 2.45) is 5.92 Å². The summed E-state index contributed by atoms with van der Waals surface area (Å²) in [5.41, 5.74) is 4.11. The molecule has 0 aliphatic heterocycles. The lowest BCUT2D eigenvalue weighted by atomic mass is 9.68. The summed E-state index contributed by atoms with van der Waals surface area (Å²) in [7, 11) is 0. The molecule has 14 heavy (non-hydrogen) atoms. The number of rotatable bonds is 1. The monoisotopic (exact) mass is 190 g/mol. The Morgan fingerprint density at radius 3 is 2.50 bits per heavy atom. The van der Waals surface area contributed by atoms with Crippen LogP contribution in [0.15, 0.2) is 18.2 Å². The molecule has 0 heterocycles. The summed E-state index contributed by atoms with van der Waals surface area (Å²) in [6, 6.07) is 6.62. The smallest absolute Gasteiger partial charge is 0.0577 e. The van der Waals surface area contributed by atoms with Gasteiger partial charge in [0.15, 0.2) is 0 Å².